The molecule has 0 radical (unpaired) electrons. The molecule has 2 rings (SSSR count). The van der Waals surface area contributed by atoms with Crippen molar-refractivity contribution in [3.05, 3.63) is 39.9 Å². The van der Waals surface area contributed by atoms with E-state index in [1.807, 2.05) is 13.8 Å². The topological polar surface area (TPSA) is 37.8 Å². The Hall–Kier alpha value is -1.49. The molecule has 0 amide bonds. The van der Waals surface area contributed by atoms with E-state index in [0.717, 1.165) is 11.4 Å². The number of hydrogen-bond donors (Lipinski definition) is 1. The number of nitrogens with zero attached hydrogens (tertiary/aromatic N) is 2. The Kier molecular flexibility index (Phi) is 4.14. The number of benzene rings is 1. The van der Waals surface area contributed by atoms with E-state index in [0.29, 0.717) is 28.0 Å². The molecule has 5 heteroatoms. The molecule has 0 aliphatic heterocycles. The monoisotopic (exact) mass is 323 g/mol. The number of aromatic nitrogens is 2. The fraction of sp³-hybridized carbons (Fsp3) is 0.286. The highest BCUT2D eigenvalue weighted by atomic mass is 79.9. The van der Waals surface area contributed by atoms with Crippen molar-refractivity contribution < 1.29 is 4.39 Å². The van der Waals surface area contributed by atoms with Crippen molar-refractivity contribution >= 4 is 21.7 Å². The van der Waals surface area contributed by atoms with Crippen LogP contribution in [0.5, 0.6) is 0 Å². The first-order valence-corrected chi connectivity index (χ1v) is 6.87. The van der Waals surface area contributed by atoms with Gasteiger partial charge in [-0.3, -0.25) is 0 Å². The van der Waals surface area contributed by atoms with Gasteiger partial charge in [0.05, 0.1) is 10.2 Å². The summed E-state index contributed by atoms with van der Waals surface area (Å²) in [7, 11) is 1.80. The lowest BCUT2D eigenvalue weighted by Gasteiger charge is -2.12. The Balaban J connectivity index is 2.70. The molecule has 2 aromatic rings. The molecule has 1 heterocycles. The van der Waals surface area contributed by atoms with Crippen molar-refractivity contribution in [2.75, 3.05) is 12.4 Å². The van der Waals surface area contributed by atoms with Gasteiger partial charge in [0, 0.05) is 24.6 Å². The van der Waals surface area contributed by atoms with Crippen LogP contribution in [0.2, 0.25) is 0 Å². The van der Waals surface area contributed by atoms with Crippen LogP contribution in [-0.2, 0) is 6.42 Å². The van der Waals surface area contributed by atoms with Gasteiger partial charge < -0.3 is 5.32 Å². The molecule has 1 aromatic carbocycles. The highest BCUT2D eigenvalue weighted by Gasteiger charge is 2.15. The molecule has 0 spiro atoms. The average Bonchev–Trinajstić information content (AvgIpc) is 2.42. The van der Waals surface area contributed by atoms with E-state index in [9.17, 15) is 4.39 Å². The third-order valence-electron chi connectivity index (χ3n) is 2.95. The minimum atomic E-state index is -0.298. The Labute approximate surface area is 120 Å². The molecule has 0 fully saturated rings. The molecule has 1 aromatic heterocycles. The molecule has 0 bridgehead atoms. The highest BCUT2D eigenvalue weighted by Crippen LogP contribution is 2.31. The molecule has 0 aliphatic carbocycles. The molecule has 19 heavy (non-hydrogen) atoms. The molecule has 0 unspecified atom stereocenters. The molecular formula is C14H15BrFN3. The van der Waals surface area contributed by atoms with Crippen LogP contribution in [-0.4, -0.2) is 17.0 Å². The third-order valence-corrected chi connectivity index (χ3v) is 3.56. The van der Waals surface area contributed by atoms with E-state index in [1.165, 1.54) is 0 Å². The second-order valence-corrected chi connectivity index (χ2v) is 5.02. The fourth-order valence-electron chi connectivity index (χ4n) is 1.91. The number of halogens is 2. The Morgan fingerprint density at radius 2 is 2.05 bits per heavy atom. The SMILES string of the molecule is CCc1nc(NC)c(C)c(-c2cccc(Br)c2F)n1. The summed E-state index contributed by atoms with van der Waals surface area (Å²) in [5, 5.41) is 3.03. The summed E-state index contributed by atoms with van der Waals surface area (Å²) >= 11 is 3.21. The van der Waals surface area contributed by atoms with Crippen LogP contribution in [0.4, 0.5) is 10.2 Å². The molecule has 0 saturated heterocycles. The van der Waals surface area contributed by atoms with Gasteiger partial charge >= 0.3 is 0 Å². The van der Waals surface area contributed by atoms with Gasteiger partial charge in [-0.15, -0.1) is 0 Å². The van der Waals surface area contributed by atoms with Crippen molar-refractivity contribution in [3.63, 3.8) is 0 Å². The smallest absolute Gasteiger partial charge is 0.146 e. The van der Waals surface area contributed by atoms with Gasteiger partial charge in [0.2, 0.25) is 0 Å². The summed E-state index contributed by atoms with van der Waals surface area (Å²) in [4.78, 5) is 8.85. The van der Waals surface area contributed by atoms with Gasteiger partial charge in [0.25, 0.3) is 0 Å². The molecular weight excluding hydrogens is 309 g/mol. The summed E-state index contributed by atoms with van der Waals surface area (Å²) in [5.74, 6) is 1.14. The number of hydrogen-bond acceptors (Lipinski definition) is 3. The summed E-state index contributed by atoms with van der Waals surface area (Å²) in [5.41, 5.74) is 1.96. The molecule has 3 nitrogen and oxygen atoms in total. The third kappa shape index (κ3) is 2.61. The van der Waals surface area contributed by atoms with E-state index in [4.69, 9.17) is 0 Å². The highest BCUT2D eigenvalue weighted by molar-refractivity contribution is 9.10. The first kappa shape index (κ1) is 13.9. The molecule has 0 atom stereocenters. The largest absolute Gasteiger partial charge is 0.373 e. The summed E-state index contributed by atoms with van der Waals surface area (Å²) in [6.45, 7) is 3.87. The summed E-state index contributed by atoms with van der Waals surface area (Å²) < 4.78 is 14.6. The van der Waals surface area contributed by atoms with Gasteiger partial charge in [0.1, 0.15) is 17.5 Å². The van der Waals surface area contributed by atoms with Crippen molar-refractivity contribution in [2.24, 2.45) is 0 Å². The van der Waals surface area contributed by atoms with Crippen LogP contribution in [0.15, 0.2) is 22.7 Å². The van der Waals surface area contributed by atoms with Gasteiger partial charge in [-0.05, 0) is 35.0 Å². The zero-order valence-electron chi connectivity index (χ0n) is 11.1. The van der Waals surface area contributed by atoms with Crippen molar-refractivity contribution in [1.29, 1.82) is 0 Å². The van der Waals surface area contributed by atoms with Crippen LogP contribution >= 0.6 is 15.9 Å². The first-order chi connectivity index (χ1) is 9.08. The van der Waals surface area contributed by atoms with E-state index in [-0.39, 0.29) is 5.82 Å². The lowest BCUT2D eigenvalue weighted by atomic mass is 10.1. The van der Waals surface area contributed by atoms with Gasteiger partial charge in [0.15, 0.2) is 0 Å². The van der Waals surface area contributed by atoms with Gasteiger partial charge in [-0.1, -0.05) is 13.0 Å². The first-order valence-electron chi connectivity index (χ1n) is 6.08. The fourth-order valence-corrected chi connectivity index (χ4v) is 2.28. The number of rotatable bonds is 3. The standard InChI is InChI=1S/C14H15BrFN3/c1-4-11-18-13(8(2)14(17-3)19-11)9-6-5-7-10(15)12(9)16/h5-7H,4H2,1-3H3,(H,17,18,19). The second-order valence-electron chi connectivity index (χ2n) is 4.17. The van der Waals surface area contributed by atoms with E-state index < -0.39 is 0 Å². The number of anilines is 1. The number of aryl methyl sites for hydroxylation is 1. The maximum atomic E-state index is 14.2. The second kappa shape index (κ2) is 5.65. The minimum Gasteiger partial charge on any atom is -0.373 e. The van der Waals surface area contributed by atoms with E-state index >= 15 is 0 Å². The molecule has 100 valence electrons. The lowest BCUT2D eigenvalue weighted by molar-refractivity contribution is 0.623. The van der Waals surface area contributed by atoms with Crippen LogP contribution in [0, 0.1) is 12.7 Å². The predicted octanol–water partition coefficient (Wildman–Crippen LogP) is 3.96. The van der Waals surface area contributed by atoms with E-state index in [1.54, 1.807) is 25.2 Å². The number of nitrogens with one attached hydrogen (secondary N) is 1. The van der Waals surface area contributed by atoms with Crippen LogP contribution in [0.25, 0.3) is 11.3 Å². The quantitative estimate of drug-likeness (QED) is 0.929. The predicted molar refractivity (Wildman–Crippen MR) is 78.8 cm³/mol. The van der Waals surface area contributed by atoms with Crippen molar-refractivity contribution in [2.45, 2.75) is 20.3 Å². The molecule has 0 saturated carbocycles. The lowest BCUT2D eigenvalue weighted by Crippen LogP contribution is -2.05. The van der Waals surface area contributed by atoms with Crippen molar-refractivity contribution in [3.8, 4) is 11.3 Å². The Morgan fingerprint density at radius 3 is 2.68 bits per heavy atom. The molecule has 1 N–H and O–H groups in total. The Morgan fingerprint density at radius 1 is 1.32 bits per heavy atom. The zero-order chi connectivity index (χ0) is 14.0. The maximum Gasteiger partial charge on any atom is 0.146 e. The van der Waals surface area contributed by atoms with Crippen LogP contribution < -0.4 is 5.32 Å². The van der Waals surface area contributed by atoms with Crippen molar-refractivity contribution in [1.82, 2.24) is 9.97 Å². The maximum absolute atomic E-state index is 14.2. The average molecular weight is 324 g/mol. The van der Waals surface area contributed by atoms with Crippen LogP contribution in [0.1, 0.15) is 18.3 Å². The minimum absolute atomic E-state index is 0.298. The van der Waals surface area contributed by atoms with E-state index in [2.05, 4.69) is 31.2 Å². The molecule has 0 aliphatic rings. The van der Waals surface area contributed by atoms with Gasteiger partial charge in [-0.25, -0.2) is 14.4 Å². The normalized spacial score (nSPS) is 10.6. The zero-order valence-corrected chi connectivity index (χ0v) is 12.7. The van der Waals surface area contributed by atoms with Gasteiger partial charge in [-0.2, -0.15) is 0 Å². The summed E-state index contributed by atoms with van der Waals surface area (Å²) in [6, 6.07) is 5.21. The van der Waals surface area contributed by atoms with Crippen LogP contribution in [0.3, 0.4) is 0 Å². The Bertz CT molecular complexity index is 614. The summed E-state index contributed by atoms with van der Waals surface area (Å²) in [6.07, 6.45) is 0.706.